The molecule has 1 aromatic carbocycles. The van der Waals surface area contributed by atoms with Crippen LogP contribution < -0.4 is 10.6 Å². The van der Waals surface area contributed by atoms with E-state index in [1.165, 1.54) is 0 Å². The Bertz CT molecular complexity index is 711. The second-order valence-electron chi connectivity index (χ2n) is 5.19. The molecular formula is C15H16Br2N4O2. The lowest BCUT2D eigenvalue weighted by atomic mass is 10.1. The number of aromatic amines is 1. The minimum Gasteiger partial charge on any atom is -0.342 e. The quantitative estimate of drug-likeness (QED) is 0.661. The number of aromatic nitrogens is 2. The smallest absolute Gasteiger partial charge is 0.273 e. The van der Waals surface area contributed by atoms with Crippen LogP contribution in [0.2, 0.25) is 0 Å². The minimum atomic E-state index is -0.411. The van der Waals surface area contributed by atoms with Gasteiger partial charge < -0.3 is 10.6 Å². The Hall–Kier alpha value is -1.67. The molecule has 6 nitrogen and oxygen atoms in total. The van der Waals surface area contributed by atoms with Crippen molar-refractivity contribution in [3.8, 4) is 0 Å². The number of nitrogens with zero attached hydrogens (tertiary/aromatic N) is 1. The number of nitrogens with one attached hydrogen (secondary N) is 3. The minimum absolute atomic E-state index is 0.134. The molecule has 0 spiro atoms. The number of rotatable bonds is 5. The fraction of sp³-hybridized carbons (Fsp3) is 0.267. The van der Waals surface area contributed by atoms with Crippen LogP contribution in [0.4, 0.5) is 5.69 Å². The maximum atomic E-state index is 12.1. The van der Waals surface area contributed by atoms with E-state index in [1.807, 2.05) is 26.0 Å². The number of anilines is 1. The van der Waals surface area contributed by atoms with Crippen molar-refractivity contribution < 1.29 is 9.59 Å². The SMILES string of the molecule is CC(C)c1[nH]nc(C(=O)NCC(=O)Nc2ccc(Br)cc2)c1Br. The molecule has 0 fully saturated rings. The highest BCUT2D eigenvalue weighted by atomic mass is 79.9. The average Bonchev–Trinajstić information content (AvgIpc) is 2.89. The second kappa shape index (κ2) is 7.74. The maximum Gasteiger partial charge on any atom is 0.273 e. The van der Waals surface area contributed by atoms with Crippen molar-refractivity contribution in [2.75, 3.05) is 11.9 Å². The Morgan fingerprint density at radius 2 is 1.87 bits per heavy atom. The van der Waals surface area contributed by atoms with Gasteiger partial charge in [-0.3, -0.25) is 14.7 Å². The molecule has 8 heteroatoms. The van der Waals surface area contributed by atoms with Gasteiger partial charge in [-0.15, -0.1) is 0 Å². The van der Waals surface area contributed by atoms with Gasteiger partial charge in [0, 0.05) is 10.2 Å². The number of hydrogen-bond donors (Lipinski definition) is 3. The summed E-state index contributed by atoms with van der Waals surface area (Å²) in [5.74, 6) is -0.512. The topological polar surface area (TPSA) is 86.9 Å². The van der Waals surface area contributed by atoms with E-state index in [4.69, 9.17) is 0 Å². The van der Waals surface area contributed by atoms with Crippen molar-refractivity contribution in [3.63, 3.8) is 0 Å². The van der Waals surface area contributed by atoms with Crippen molar-refractivity contribution in [2.24, 2.45) is 0 Å². The van der Waals surface area contributed by atoms with Gasteiger partial charge in [-0.2, -0.15) is 5.10 Å². The van der Waals surface area contributed by atoms with Gasteiger partial charge in [0.25, 0.3) is 5.91 Å². The third-order valence-electron chi connectivity index (χ3n) is 3.06. The van der Waals surface area contributed by atoms with Crippen LogP contribution in [0.25, 0.3) is 0 Å². The fourth-order valence-electron chi connectivity index (χ4n) is 1.86. The monoisotopic (exact) mass is 442 g/mol. The van der Waals surface area contributed by atoms with Gasteiger partial charge in [-0.25, -0.2) is 0 Å². The zero-order valence-electron chi connectivity index (χ0n) is 12.6. The van der Waals surface area contributed by atoms with Gasteiger partial charge in [-0.1, -0.05) is 29.8 Å². The number of H-pyrrole nitrogens is 1. The molecule has 2 rings (SSSR count). The van der Waals surface area contributed by atoms with Gasteiger partial charge in [0.2, 0.25) is 5.91 Å². The molecule has 0 saturated carbocycles. The molecule has 0 radical (unpaired) electrons. The van der Waals surface area contributed by atoms with Crippen LogP contribution >= 0.6 is 31.9 Å². The van der Waals surface area contributed by atoms with E-state index in [0.717, 1.165) is 10.2 Å². The van der Waals surface area contributed by atoms with Crippen molar-refractivity contribution >= 4 is 49.4 Å². The molecule has 0 aliphatic carbocycles. The Balaban J connectivity index is 1.91. The summed E-state index contributed by atoms with van der Waals surface area (Å²) in [7, 11) is 0. The third-order valence-corrected chi connectivity index (χ3v) is 4.39. The largest absolute Gasteiger partial charge is 0.342 e. The van der Waals surface area contributed by atoms with Gasteiger partial charge in [-0.05, 0) is 46.1 Å². The van der Waals surface area contributed by atoms with Gasteiger partial charge >= 0.3 is 0 Å². The van der Waals surface area contributed by atoms with Gasteiger partial charge in [0.1, 0.15) is 0 Å². The highest BCUT2D eigenvalue weighted by molar-refractivity contribution is 9.10. The average molecular weight is 444 g/mol. The Labute approximate surface area is 150 Å². The number of halogens is 2. The highest BCUT2D eigenvalue weighted by Gasteiger charge is 2.19. The zero-order chi connectivity index (χ0) is 17.0. The number of carbonyl (C=O) groups excluding carboxylic acids is 2. The summed E-state index contributed by atoms with van der Waals surface area (Å²) in [6.07, 6.45) is 0. The second-order valence-corrected chi connectivity index (χ2v) is 6.90. The molecule has 0 bridgehead atoms. The molecule has 0 unspecified atom stereocenters. The van der Waals surface area contributed by atoms with E-state index in [-0.39, 0.29) is 24.1 Å². The number of benzene rings is 1. The molecular weight excluding hydrogens is 428 g/mol. The van der Waals surface area contributed by atoms with E-state index < -0.39 is 5.91 Å². The first kappa shape index (κ1) is 17.7. The molecule has 3 N–H and O–H groups in total. The molecule has 2 amide bonds. The first-order valence-electron chi connectivity index (χ1n) is 6.96. The molecule has 0 aliphatic heterocycles. The zero-order valence-corrected chi connectivity index (χ0v) is 15.8. The van der Waals surface area contributed by atoms with Gasteiger partial charge in [0.05, 0.1) is 16.7 Å². The fourth-order valence-corrected chi connectivity index (χ4v) is 2.94. The van der Waals surface area contributed by atoms with Crippen LogP contribution in [-0.2, 0) is 4.79 Å². The molecule has 0 atom stereocenters. The molecule has 122 valence electrons. The van der Waals surface area contributed by atoms with Crippen LogP contribution in [0.5, 0.6) is 0 Å². The predicted molar refractivity (Wildman–Crippen MR) is 95.5 cm³/mol. The molecule has 23 heavy (non-hydrogen) atoms. The molecule has 0 aliphatic rings. The maximum absolute atomic E-state index is 12.1. The van der Waals surface area contributed by atoms with Crippen molar-refractivity contribution in [2.45, 2.75) is 19.8 Å². The lowest BCUT2D eigenvalue weighted by molar-refractivity contribution is -0.115. The van der Waals surface area contributed by atoms with E-state index in [9.17, 15) is 9.59 Å². The van der Waals surface area contributed by atoms with Crippen molar-refractivity contribution in [1.29, 1.82) is 0 Å². The molecule has 1 aromatic heterocycles. The van der Waals surface area contributed by atoms with Crippen molar-refractivity contribution in [1.82, 2.24) is 15.5 Å². The molecule has 1 heterocycles. The van der Waals surface area contributed by atoms with E-state index in [2.05, 4.69) is 52.7 Å². The summed E-state index contributed by atoms with van der Waals surface area (Å²) in [4.78, 5) is 23.9. The highest BCUT2D eigenvalue weighted by Crippen LogP contribution is 2.25. The summed E-state index contributed by atoms with van der Waals surface area (Å²) >= 11 is 6.68. The number of amides is 2. The third kappa shape index (κ3) is 4.65. The van der Waals surface area contributed by atoms with E-state index in [1.54, 1.807) is 12.1 Å². The summed E-state index contributed by atoms with van der Waals surface area (Å²) < 4.78 is 1.55. The summed E-state index contributed by atoms with van der Waals surface area (Å²) in [5, 5.41) is 12.1. The summed E-state index contributed by atoms with van der Waals surface area (Å²) in [6.45, 7) is 3.85. The summed E-state index contributed by atoms with van der Waals surface area (Å²) in [6, 6.07) is 7.18. The normalized spacial score (nSPS) is 10.7. The van der Waals surface area contributed by atoms with Gasteiger partial charge in [0.15, 0.2) is 5.69 Å². The van der Waals surface area contributed by atoms with E-state index in [0.29, 0.717) is 10.2 Å². The van der Waals surface area contributed by atoms with Crippen LogP contribution in [0.15, 0.2) is 33.2 Å². The van der Waals surface area contributed by atoms with Crippen molar-refractivity contribution in [3.05, 3.63) is 44.6 Å². The molecule has 0 saturated heterocycles. The predicted octanol–water partition coefficient (Wildman–Crippen LogP) is 3.43. The van der Waals surface area contributed by atoms with Crippen LogP contribution in [0.3, 0.4) is 0 Å². The lowest BCUT2D eigenvalue weighted by Crippen LogP contribution is -2.33. The summed E-state index contributed by atoms with van der Waals surface area (Å²) in [5.41, 5.74) is 1.75. The van der Waals surface area contributed by atoms with Crippen LogP contribution in [-0.4, -0.2) is 28.6 Å². The number of carbonyl (C=O) groups is 2. The van der Waals surface area contributed by atoms with Crippen LogP contribution in [0, 0.1) is 0 Å². The Kier molecular flexibility index (Phi) is 5.95. The standard InChI is InChI=1S/C15H16Br2N4O2/c1-8(2)13-12(17)14(21-20-13)15(23)18-7-11(22)19-10-5-3-9(16)4-6-10/h3-6,8H,7H2,1-2H3,(H,18,23)(H,19,22)(H,20,21). The first-order chi connectivity index (χ1) is 10.9. The van der Waals surface area contributed by atoms with Crippen LogP contribution in [0.1, 0.15) is 35.9 Å². The van der Waals surface area contributed by atoms with E-state index >= 15 is 0 Å². The number of hydrogen-bond acceptors (Lipinski definition) is 3. The Morgan fingerprint density at radius 1 is 1.22 bits per heavy atom. The first-order valence-corrected chi connectivity index (χ1v) is 8.54. The lowest BCUT2D eigenvalue weighted by Gasteiger charge is -2.06. The Morgan fingerprint density at radius 3 is 2.43 bits per heavy atom. The molecule has 2 aromatic rings.